The standard InChI is InChI=1S/C22H19N3O3/c1-15-3-7-20(11-16(15)2)28-22-10-6-18(13-24-22)25-21(26)14-27-19-8-4-17(12-23)5-9-19/h3-11,13H,14H2,1-2H3,(H,25,26). The summed E-state index contributed by atoms with van der Waals surface area (Å²) in [5.74, 6) is 1.36. The van der Waals surface area contributed by atoms with E-state index in [-0.39, 0.29) is 12.5 Å². The highest BCUT2D eigenvalue weighted by atomic mass is 16.5. The zero-order valence-electron chi connectivity index (χ0n) is 15.6. The molecule has 0 bridgehead atoms. The summed E-state index contributed by atoms with van der Waals surface area (Å²) in [6, 6.07) is 17.8. The summed E-state index contributed by atoms with van der Waals surface area (Å²) < 4.78 is 11.1. The molecule has 2 aromatic carbocycles. The Morgan fingerprint density at radius 2 is 1.79 bits per heavy atom. The van der Waals surface area contributed by atoms with Crippen molar-refractivity contribution in [3.63, 3.8) is 0 Å². The Morgan fingerprint density at radius 3 is 2.43 bits per heavy atom. The third kappa shape index (κ3) is 5.08. The number of ether oxygens (including phenoxy) is 2. The highest BCUT2D eigenvalue weighted by molar-refractivity contribution is 5.91. The molecule has 1 aromatic heterocycles. The van der Waals surface area contributed by atoms with Gasteiger partial charge >= 0.3 is 0 Å². The number of benzene rings is 2. The summed E-state index contributed by atoms with van der Waals surface area (Å²) in [6.07, 6.45) is 1.52. The number of nitrogens with zero attached hydrogens (tertiary/aromatic N) is 2. The number of carbonyl (C=O) groups is 1. The summed E-state index contributed by atoms with van der Waals surface area (Å²) in [7, 11) is 0. The Morgan fingerprint density at radius 1 is 1.04 bits per heavy atom. The summed E-state index contributed by atoms with van der Waals surface area (Å²) in [4.78, 5) is 16.2. The fraction of sp³-hybridized carbons (Fsp3) is 0.136. The van der Waals surface area contributed by atoms with Crippen LogP contribution in [0.1, 0.15) is 16.7 Å². The van der Waals surface area contributed by atoms with Crippen LogP contribution in [0.15, 0.2) is 60.8 Å². The zero-order chi connectivity index (χ0) is 19.9. The topological polar surface area (TPSA) is 84.2 Å². The molecule has 0 saturated heterocycles. The van der Waals surface area contributed by atoms with Gasteiger partial charge in [0, 0.05) is 6.07 Å². The van der Waals surface area contributed by atoms with Crippen LogP contribution in [0.2, 0.25) is 0 Å². The van der Waals surface area contributed by atoms with Gasteiger partial charge in [0.05, 0.1) is 23.5 Å². The first kappa shape index (κ1) is 18.9. The number of anilines is 1. The Hall–Kier alpha value is -3.85. The van der Waals surface area contributed by atoms with Crippen molar-refractivity contribution in [2.75, 3.05) is 11.9 Å². The monoisotopic (exact) mass is 373 g/mol. The number of pyridine rings is 1. The number of rotatable bonds is 6. The molecule has 0 unspecified atom stereocenters. The molecule has 0 aliphatic rings. The number of carbonyl (C=O) groups excluding carboxylic acids is 1. The number of nitriles is 1. The van der Waals surface area contributed by atoms with E-state index in [1.807, 2.05) is 38.1 Å². The molecule has 28 heavy (non-hydrogen) atoms. The van der Waals surface area contributed by atoms with Gasteiger partial charge in [-0.3, -0.25) is 4.79 Å². The van der Waals surface area contributed by atoms with Gasteiger partial charge in [-0.2, -0.15) is 5.26 Å². The van der Waals surface area contributed by atoms with E-state index in [0.717, 1.165) is 5.56 Å². The molecule has 140 valence electrons. The number of nitrogens with one attached hydrogen (secondary N) is 1. The molecule has 1 amide bonds. The highest BCUT2D eigenvalue weighted by Gasteiger charge is 2.06. The first-order chi connectivity index (χ1) is 13.5. The summed E-state index contributed by atoms with van der Waals surface area (Å²) in [5.41, 5.74) is 3.41. The molecule has 6 nitrogen and oxygen atoms in total. The summed E-state index contributed by atoms with van der Waals surface area (Å²) >= 11 is 0. The van der Waals surface area contributed by atoms with E-state index in [4.69, 9.17) is 14.7 Å². The summed E-state index contributed by atoms with van der Waals surface area (Å²) in [6.45, 7) is 3.92. The third-order valence-corrected chi connectivity index (χ3v) is 4.07. The molecule has 0 saturated carbocycles. The third-order valence-electron chi connectivity index (χ3n) is 4.07. The van der Waals surface area contributed by atoms with E-state index >= 15 is 0 Å². The Bertz CT molecular complexity index is 1010. The largest absolute Gasteiger partial charge is 0.484 e. The van der Waals surface area contributed by atoms with Crippen LogP contribution < -0.4 is 14.8 Å². The molecule has 1 heterocycles. The number of aromatic nitrogens is 1. The van der Waals surface area contributed by atoms with Gasteiger partial charge in [0.25, 0.3) is 5.91 Å². The van der Waals surface area contributed by atoms with Crippen LogP contribution in [-0.2, 0) is 4.79 Å². The lowest BCUT2D eigenvalue weighted by Crippen LogP contribution is -2.20. The van der Waals surface area contributed by atoms with Gasteiger partial charge in [0.1, 0.15) is 11.5 Å². The molecule has 3 aromatic rings. The highest BCUT2D eigenvalue weighted by Crippen LogP contribution is 2.23. The van der Waals surface area contributed by atoms with Gasteiger partial charge in [-0.15, -0.1) is 0 Å². The number of hydrogen-bond acceptors (Lipinski definition) is 5. The normalized spacial score (nSPS) is 10.0. The van der Waals surface area contributed by atoms with Crippen LogP contribution in [0.5, 0.6) is 17.4 Å². The molecule has 0 atom stereocenters. The first-order valence-electron chi connectivity index (χ1n) is 8.67. The van der Waals surface area contributed by atoms with Crippen molar-refractivity contribution >= 4 is 11.6 Å². The quantitative estimate of drug-likeness (QED) is 0.693. The van der Waals surface area contributed by atoms with Crippen molar-refractivity contribution in [3.05, 3.63) is 77.5 Å². The Labute approximate surface area is 163 Å². The van der Waals surface area contributed by atoms with Crippen molar-refractivity contribution in [3.8, 4) is 23.4 Å². The minimum Gasteiger partial charge on any atom is -0.484 e. The van der Waals surface area contributed by atoms with Crippen molar-refractivity contribution in [1.82, 2.24) is 4.98 Å². The Balaban J connectivity index is 1.52. The van der Waals surface area contributed by atoms with Gasteiger partial charge in [0.2, 0.25) is 5.88 Å². The lowest BCUT2D eigenvalue weighted by molar-refractivity contribution is -0.118. The van der Waals surface area contributed by atoms with Gasteiger partial charge in [-0.1, -0.05) is 6.07 Å². The second-order valence-electron chi connectivity index (χ2n) is 6.21. The molecule has 0 fully saturated rings. The molecule has 1 N–H and O–H groups in total. The predicted octanol–water partition coefficient (Wildman–Crippen LogP) is 4.38. The number of amides is 1. The van der Waals surface area contributed by atoms with Crippen LogP contribution in [0.4, 0.5) is 5.69 Å². The second-order valence-corrected chi connectivity index (χ2v) is 6.21. The van der Waals surface area contributed by atoms with E-state index in [1.165, 1.54) is 11.8 Å². The van der Waals surface area contributed by atoms with E-state index in [0.29, 0.717) is 28.6 Å². The van der Waals surface area contributed by atoms with Gasteiger partial charge < -0.3 is 14.8 Å². The van der Waals surface area contributed by atoms with E-state index in [9.17, 15) is 4.79 Å². The average Bonchev–Trinajstić information content (AvgIpc) is 2.71. The van der Waals surface area contributed by atoms with Crippen molar-refractivity contribution in [1.29, 1.82) is 5.26 Å². The van der Waals surface area contributed by atoms with Crippen molar-refractivity contribution in [2.24, 2.45) is 0 Å². The van der Waals surface area contributed by atoms with Gasteiger partial charge in [-0.05, 0) is 67.4 Å². The molecule has 0 radical (unpaired) electrons. The van der Waals surface area contributed by atoms with E-state index in [1.54, 1.807) is 36.4 Å². The predicted molar refractivity (Wildman–Crippen MR) is 106 cm³/mol. The van der Waals surface area contributed by atoms with Crippen LogP contribution in [0.3, 0.4) is 0 Å². The van der Waals surface area contributed by atoms with E-state index < -0.39 is 0 Å². The SMILES string of the molecule is Cc1ccc(Oc2ccc(NC(=O)COc3ccc(C#N)cc3)cn2)cc1C. The van der Waals surface area contributed by atoms with Crippen LogP contribution in [0, 0.1) is 25.2 Å². The second kappa shape index (κ2) is 8.69. The molecule has 3 rings (SSSR count). The van der Waals surface area contributed by atoms with Crippen LogP contribution in [0.25, 0.3) is 0 Å². The maximum absolute atomic E-state index is 12.0. The minimum absolute atomic E-state index is 0.146. The molecule has 6 heteroatoms. The van der Waals surface area contributed by atoms with Gasteiger partial charge in [0.15, 0.2) is 6.61 Å². The van der Waals surface area contributed by atoms with Gasteiger partial charge in [-0.25, -0.2) is 4.98 Å². The number of aryl methyl sites for hydroxylation is 2. The van der Waals surface area contributed by atoms with E-state index in [2.05, 4.69) is 10.3 Å². The molecule has 0 aliphatic heterocycles. The fourth-order valence-electron chi connectivity index (χ4n) is 2.38. The van der Waals surface area contributed by atoms with Crippen LogP contribution >= 0.6 is 0 Å². The zero-order valence-corrected chi connectivity index (χ0v) is 15.6. The smallest absolute Gasteiger partial charge is 0.262 e. The molecular weight excluding hydrogens is 354 g/mol. The number of hydrogen-bond donors (Lipinski definition) is 1. The van der Waals surface area contributed by atoms with Crippen molar-refractivity contribution < 1.29 is 14.3 Å². The maximum atomic E-state index is 12.0. The van der Waals surface area contributed by atoms with Crippen LogP contribution in [-0.4, -0.2) is 17.5 Å². The maximum Gasteiger partial charge on any atom is 0.262 e. The average molecular weight is 373 g/mol. The minimum atomic E-state index is -0.311. The lowest BCUT2D eigenvalue weighted by Gasteiger charge is -2.09. The summed E-state index contributed by atoms with van der Waals surface area (Å²) in [5, 5.41) is 11.5. The molecule has 0 spiro atoms. The van der Waals surface area contributed by atoms with Crippen molar-refractivity contribution in [2.45, 2.75) is 13.8 Å². The Kier molecular flexibility index (Phi) is 5.87. The lowest BCUT2D eigenvalue weighted by atomic mass is 10.1. The molecular formula is C22H19N3O3. The fourth-order valence-corrected chi connectivity index (χ4v) is 2.38. The molecule has 0 aliphatic carbocycles. The first-order valence-corrected chi connectivity index (χ1v) is 8.67.